The molecule has 1 rings (SSSR count). The first-order valence-corrected chi connectivity index (χ1v) is 5.70. The number of hydrogen-bond acceptors (Lipinski definition) is 3. The highest BCUT2D eigenvalue weighted by Crippen LogP contribution is 2.09. The largest absolute Gasteiger partial charge is 0.394 e. The fraction of sp³-hybridized carbons (Fsp3) is 0.385. The van der Waals surface area contributed by atoms with Gasteiger partial charge >= 0.3 is 0 Å². The van der Waals surface area contributed by atoms with E-state index in [2.05, 4.69) is 10.6 Å². The van der Waals surface area contributed by atoms with Crippen LogP contribution in [-0.4, -0.2) is 36.6 Å². The number of carbonyl (C=O) groups is 2. The van der Waals surface area contributed by atoms with Crippen LogP contribution in [0.25, 0.3) is 0 Å². The first-order chi connectivity index (χ1) is 8.49. The van der Waals surface area contributed by atoms with E-state index >= 15 is 0 Å². The van der Waals surface area contributed by atoms with E-state index in [9.17, 15) is 9.59 Å². The summed E-state index contributed by atoms with van der Waals surface area (Å²) in [5.74, 6) is -0.796. The van der Waals surface area contributed by atoms with Crippen molar-refractivity contribution in [3.05, 3.63) is 34.9 Å². The molecule has 0 fully saturated rings. The third-order valence-corrected chi connectivity index (χ3v) is 2.82. The Morgan fingerprint density at radius 2 is 1.94 bits per heavy atom. The molecule has 2 amide bonds. The molecular weight excluding hydrogens is 232 g/mol. The van der Waals surface area contributed by atoms with Crippen LogP contribution in [0.15, 0.2) is 18.2 Å². The fourth-order valence-electron chi connectivity index (χ4n) is 1.49. The molecule has 5 heteroatoms. The fourth-order valence-corrected chi connectivity index (χ4v) is 1.49. The second-order valence-corrected chi connectivity index (χ2v) is 4.12. The molecule has 0 bridgehead atoms. The van der Waals surface area contributed by atoms with E-state index < -0.39 is 18.6 Å². The number of hydrogen-bond donors (Lipinski definition) is 3. The minimum absolute atomic E-state index is 0.374. The highest BCUT2D eigenvalue weighted by molar-refractivity contribution is 5.97. The summed E-state index contributed by atoms with van der Waals surface area (Å²) in [5, 5.41) is 13.9. The van der Waals surface area contributed by atoms with Crippen LogP contribution >= 0.6 is 0 Å². The molecule has 0 saturated carbocycles. The van der Waals surface area contributed by atoms with Gasteiger partial charge in [-0.05, 0) is 37.1 Å². The average molecular weight is 250 g/mol. The molecule has 0 aliphatic heterocycles. The molecule has 0 aliphatic rings. The van der Waals surface area contributed by atoms with Crippen LogP contribution in [0.2, 0.25) is 0 Å². The maximum Gasteiger partial charge on any atom is 0.252 e. The molecule has 5 nitrogen and oxygen atoms in total. The van der Waals surface area contributed by atoms with Gasteiger partial charge in [0, 0.05) is 12.6 Å². The SMILES string of the molecule is CNC(=O)[C@@H](CO)NC(=O)c1ccc(C)c(C)c1. The van der Waals surface area contributed by atoms with Gasteiger partial charge in [0.1, 0.15) is 6.04 Å². The van der Waals surface area contributed by atoms with Crippen LogP contribution < -0.4 is 10.6 Å². The lowest BCUT2D eigenvalue weighted by atomic mass is 10.1. The molecule has 1 atom stereocenters. The lowest BCUT2D eigenvalue weighted by molar-refractivity contribution is -0.123. The van der Waals surface area contributed by atoms with Crippen LogP contribution in [0, 0.1) is 13.8 Å². The number of carbonyl (C=O) groups excluding carboxylic acids is 2. The number of likely N-dealkylation sites (N-methyl/N-ethyl adjacent to an activating group) is 1. The van der Waals surface area contributed by atoms with Crippen molar-refractivity contribution in [1.29, 1.82) is 0 Å². The maximum atomic E-state index is 11.9. The van der Waals surface area contributed by atoms with Crippen LogP contribution in [0.5, 0.6) is 0 Å². The summed E-state index contributed by atoms with van der Waals surface area (Å²) in [6, 6.07) is 4.36. The van der Waals surface area contributed by atoms with Gasteiger partial charge in [-0.3, -0.25) is 9.59 Å². The summed E-state index contributed by atoms with van der Waals surface area (Å²) >= 11 is 0. The molecule has 0 radical (unpaired) electrons. The molecular formula is C13H18N2O3. The normalized spacial score (nSPS) is 11.8. The highest BCUT2D eigenvalue weighted by Gasteiger charge is 2.19. The smallest absolute Gasteiger partial charge is 0.252 e. The van der Waals surface area contributed by atoms with Gasteiger partial charge in [0.2, 0.25) is 5.91 Å². The van der Waals surface area contributed by atoms with E-state index in [1.54, 1.807) is 12.1 Å². The van der Waals surface area contributed by atoms with Crippen LogP contribution in [0.3, 0.4) is 0 Å². The third-order valence-electron chi connectivity index (χ3n) is 2.82. The van der Waals surface area contributed by atoms with Gasteiger partial charge in [0.25, 0.3) is 5.91 Å². The number of aliphatic hydroxyl groups is 1. The summed E-state index contributed by atoms with van der Waals surface area (Å²) in [6.07, 6.45) is 0. The molecule has 0 aromatic heterocycles. The van der Waals surface area contributed by atoms with Gasteiger partial charge in [0.05, 0.1) is 6.61 Å². The zero-order valence-corrected chi connectivity index (χ0v) is 10.8. The number of rotatable bonds is 4. The molecule has 18 heavy (non-hydrogen) atoms. The van der Waals surface area contributed by atoms with Gasteiger partial charge in [-0.2, -0.15) is 0 Å². The molecule has 3 N–H and O–H groups in total. The van der Waals surface area contributed by atoms with Gasteiger partial charge in [-0.1, -0.05) is 6.07 Å². The Morgan fingerprint density at radius 1 is 1.28 bits per heavy atom. The van der Waals surface area contributed by atoms with Crippen molar-refractivity contribution in [2.75, 3.05) is 13.7 Å². The second-order valence-electron chi connectivity index (χ2n) is 4.12. The summed E-state index contributed by atoms with van der Waals surface area (Å²) < 4.78 is 0. The Balaban J connectivity index is 2.81. The topological polar surface area (TPSA) is 78.4 Å². The maximum absolute atomic E-state index is 11.9. The highest BCUT2D eigenvalue weighted by atomic mass is 16.3. The Kier molecular flexibility index (Phi) is 4.85. The zero-order chi connectivity index (χ0) is 13.7. The van der Waals surface area contributed by atoms with Crippen molar-refractivity contribution in [3.63, 3.8) is 0 Å². The van der Waals surface area contributed by atoms with E-state index in [0.717, 1.165) is 11.1 Å². The van der Waals surface area contributed by atoms with Crippen molar-refractivity contribution in [1.82, 2.24) is 10.6 Å². The summed E-state index contributed by atoms with van der Waals surface area (Å²) in [4.78, 5) is 23.2. The standard InChI is InChI=1S/C13H18N2O3/c1-8-4-5-10(6-9(8)2)12(17)15-11(7-16)13(18)14-3/h4-6,11,16H,7H2,1-3H3,(H,14,18)(H,15,17)/t11-/m1/s1. The molecule has 0 spiro atoms. The summed E-state index contributed by atoms with van der Waals surface area (Å²) in [7, 11) is 1.45. The predicted octanol–water partition coefficient (Wildman–Crippen LogP) is 0.140. The molecule has 0 saturated heterocycles. The number of aryl methyl sites for hydroxylation is 2. The zero-order valence-electron chi connectivity index (χ0n) is 10.8. The van der Waals surface area contributed by atoms with Gasteiger partial charge in [-0.15, -0.1) is 0 Å². The van der Waals surface area contributed by atoms with Gasteiger partial charge in [0.15, 0.2) is 0 Å². The summed E-state index contributed by atoms with van der Waals surface area (Å²) in [5.41, 5.74) is 2.57. The van der Waals surface area contributed by atoms with Gasteiger partial charge in [-0.25, -0.2) is 0 Å². The molecule has 1 aromatic carbocycles. The van der Waals surface area contributed by atoms with E-state index in [0.29, 0.717) is 5.56 Å². The monoisotopic (exact) mass is 250 g/mol. The van der Waals surface area contributed by atoms with Crippen LogP contribution in [-0.2, 0) is 4.79 Å². The van der Waals surface area contributed by atoms with E-state index in [-0.39, 0.29) is 5.91 Å². The number of aliphatic hydroxyl groups excluding tert-OH is 1. The number of benzene rings is 1. The van der Waals surface area contributed by atoms with E-state index in [1.165, 1.54) is 7.05 Å². The Bertz CT molecular complexity index is 458. The number of nitrogens with one attached hydrogen (secondary N) is 2. The Morgan fingerprint density at radius 3 is 2.44 bits per heavy atom. The molecule has 0 unspecified atom stereocenters. The Hall–Kier alpha value is -1.88. The molecule has 98 valence electrons. The van der Waals surface area contributed by atoms with E-state index in [1.807, 2.05) is 19.9 Å². The minimum Gasteiger partial charge on any atom is -0.394 e. The third kappa shape index (κ3) is 3.30. The van der Waals surface area contributed by atoms with Crippen molar-refractivity contribution in [2.45, 2.75) is 19.9 Å². The lowest BCUT2D eigenvalue weighted by Crippen LogP contribution is -2.47. The first kappa shape index (κ1) is 14.2. The second kappa shape index (κ2) is 6.16. The minimum atomic E-state index is -0.927. The van der Waals surface area contributed by atoms with Crippen molar-refractivity contribution in [3.8, 4) is 0 Å². The Labute approximate surface area is 106 Å². The van der Waals surface area contributed by atoms with Crippen LogP contribution in [0.1, 0.15) is 21.5 Å². The molecule has 0 aliphatic carbocycles. The van der Waals surface area contributed by atoms with Crippen molar-refractivity contribution >= 4 is 11.8 Å². The van der Waals surface area contributed by atoms with E-state index in [4.69, 9.17) is 5.11 Å². The molecule has 1 aromatic rings. The van der Waals surface area contributed by atoms with Crippen LogP contribution in [0.4, 0.5) is 0 Å². The molecule has 0 heterocycles. The van der Waals surface area contributed by atoms with Gasteiger partial charge < -0.3 is 15.7 Å². The van der Waals surface area contributed by atoms with Crippen molar-refractivity contribution in [2.24, 2.45) is 0 Å². The first-order valence-electron chi connectivity index (χ1n) is 5.70. The number of amides is 2. The summed E-state index contributed by atoms with van der Waals surface area (Å²) in [6.45, 7) is 3.43. The average Bonchev–Trinajstić information content (AvgIpc) is 2.37. The quantitative estimate of drug-likeness (QED) is 0.711. The van der Waals surface area contributed by atoms with Crippen molar-refractivity contribution < 1.29 is 14.7 Å². The predicted molar refractivity (Wildman–Crippen MR) is 68.3 cm³/mol. The lowest BCUT2D eigenvalue weighted by Gasteiger charge is -2.15.